The van der Waals surface area contributed by atoms with Crippen molar-refractivity contribution in [3.05, 3.63) is 58.6 Å². The number of nitrogens with two attached hydrogens (primary N) is 1. The van der Waals surface area contributed by atoms with Gasteiger partial charge < -0.3 is 5.73 Å². The van der Waals surface area contributed by atoms with Crippen LogP contribution >= 0.6 is 11.6 Å². The molecule has 19 heavy (non-hydrogen) atoms. The van der Waals surface area contributed by atoms with Gasteiger partial charge in [-0.3, -0.25) is 0 Å². The molecule has 0 amide bonds. The third-order valence-electron chi connectivity index (χ3n) is 2.82. The van der Waals surface area contributed by atoms with Gasteiger partial charge in [0.2, 0.25) is 0 Å². The quantitative estimate of drug-likeness (QED) is 0.865. The second-order valence-corrected chi connectivity index (χ2v) is 4.43. The highest BCUT2D eigenvalue weighted by Gasteiger charge is 2.34. The molecule has 2 aromatic rings. The third kappa shape index (κ3) is 2.74. The van der Waals surface area contributed by atoms with Gasteiger partial charge in [-0.25, -0.2) is 0 Å². The molecule has 0 saturated heterocycles. The van der Waals surface area contributed by atoms with Crippen LogP contribution in [0.1, 0.15) is 11.1 Å². The van der Waals surface area contributed by atoms with Crippen molar-refractivity contribution in [1.29, 1.82) is 0 Å². The molecule has 2 N–H and O–H groups in total. The van der Waals surface area contributed by atoms with E-state index in [0.29, 0.717) is 11.1 Å². The zero-order chi connectivity index (χ0) is 14.0. The van der Waals surface area contributed by atoms with E-state index >= 15 is 0 Å². The van der Waals surface area contributed by atoms with Crippen LogP contribution < -0.4 is 5.73 Å². The summed E-state index contributed by atoms with van der Waals surface area (Å²) in [7, 11) is 0. The fourth-order valence-corrected chi connectivity index (χ4v) is 2.28. The lowest BCUT2D eigenvalue weighted by atomic mass is 9.95. The summed E-state index contributed by atoms with van der Waals surface area (Å²) in [6.45, 7) is 0.127. The summed E-state index contributed by atoms with van der Waals surface area (Å²) in [5.74, 6) is 0. The molecule has 1 nitrogen and oxygen atoms in total. The van der Waals surface area contributed by atoms with E-state index in [2.05, 4.69) is 0 Å². The Morgan fingerprint density at radius 3 is 2.32 bits per heavy atom. The Morgan fingerprint density at radius 1 is 1.00 bits per heavy atom. The first-order valence-corrected chi connectivity index (χ1v) is 5.97. The molecule has 100 valence electrons. The lowest BCUT2D eigenvalue weighted by molar-refractivity contribution is -0.137. The molecule has 0 aliphatic carbocycles. The molecule has 0 atom stereocenters. The van der Waals surface area contributed by atoms with E-state index in [1.807, 2.05) is 0 Å². The molecule has 0 unspecified atom stereocenters. The molecule has 2 aromatic carbocycles. The van der Waals surface area contributed by atoms with E-state index in [1.165, 1.54) is 12.1 Å². The average Bonchev–Trinajstić information content (AvgIpc) is 2.37. The Kier molecular flexibility index (Phi) is 3.83. The second-order valence-electron chi connectivity index (χ2n) is 4.02. The monoisotopic (exact) mass is 285 g/mol. The Bertz CT molecular complexity index is 593. The molecular formula is C14H11ClF3N. The molecule has 0 heterocycles. The summed E-state index contributed by atoms with van der Waals surface area (Å²) in [5, 5.41) is 0.264. The Hall–Kier alpha value is -1.52. The van der Waals surface area contributed by atoms with E-state index in [4.69, 9.17) is 17.3 Å². The van der Waals surface area contributed by atoms with Crippen LogP contribution in [0.2, 0.25) is 5.02 Å². The minimum absolute atomic E-state index is 0.0565. The first kappa shape index (κ1) is 13.9. The smallest absolute Gasteiger partial charge is 0.326 e. The number of hydrogen-bond acceptors (Lipinski definition) is 1. The summed E-state index contributed by atoms with van der Waals surface area (Å²) >= 11 is 6.04. The molecule has 0 saturated carbocycles. The average molecular weight is 286 g/mol. The molecule has 0 spiro atoms. The maximum absolute atomic E-state index is 13.0. The molecule has 0 bridgehead atoms. The van der Waals surface area contributed by atoms with Crippen molar-refractivity contribution in [1.82, 2.24) is 0 Å². The zero-order valence-electron chi connectivity index (χ0n) is 9.84. The van der Waals surface area contributed by atoms with Gasteiger partial charge in [-0.2, -0.15) is 13.2 Å². The van der Waals surface area contributed by atoms with Crippen molar-refractivity contribution in [2.24, 2.45) is 5.73 Å². The van der Waals surface area contributed by atoms with Crippen LogP contribution in [0.15, 0.2) is 42.5 Å². The topological polar surface area (TPSA) is 26.0 Å². The van der Waals surface area contributed by atoms with Crippen molar-refractivity contribution < 1.29 is 13.2 Å². The van der Waals surface area contributed by atoms with Crippen LogP contribution in [-0.4, -0.2) is 0 Å². The van der Waals surface area contributed by atoms with Crippen molar-refractivity contribution in [3.63, 3.8) is 0 Å². The fraction of sp³-hybridized carbons (Fsp3) is 0.143. The van der Waals surface area contributed by atoms with E-state index < -0.39 is 11.7 Å². The van der Waals surface area contributed by atoms with Gasteiger partial charge in [0.25, 0.3) is 0 Å². The zero-order valence-corrected chi connectivity index (χ0v) is 10.6. The van der Waals surface area contributed by atoms with Crippen molar-refractivity contribution >= 4 is 11.6 Å². The predicted octanol–water partition coefficient (Wildman–Crippen LogP) is 4.48. The van der Waals surface area contributed by atoms with Crippen LogP contribution in [0.3, 0.4) is 0 Å². The second kappa shape index (κ2) is 5.23. The molecule has 0 aliphatic heterocycles. The van der Waals surface area contributed by atoms with E-state index in [9.17, 15) is 13.2 Å². The van der Waals surface area contributed by atoms with Crippen molar-refractivity contribution in [2.75, 3.05) is 0 Å². The molecule has 0 aromatic heterocycles. The number of alkyl halides is 3. The van der Waals surface area contributed by atoms with Gasteiger partial charge in [-0.05, 0) is 23.3 Å². The van der Waals surface area contributed by atoms with Gasteiger partial charge in [-0.15, -0.1) is 0 Å². The highest BCUT2D eigenvalue weighted by atomic mass is 35.5. The van der Waals surface area contributed by atoms with Crippen molar-refractivity contribution in [2.45, 2.75) is 12.7 Å². The molecule has 0 aliphatic rings. The number of benzene rings is 2. The van der Waals surface area contributed by atoms with Gasteiger partial charge >= 0.3 is 6.18 Å². The normalized spacial score (nSPS) is 11.6. The van der Waals surface area contributed by atoms with Crippen molar-refractivity contribution in [3.8, 4) is 11.1 Å². The van der Waals surface area contributed by atoms with Crippen LogP contribution in [0.4, 0.5) is 13.2 Å². The fourth-order valence-electron chi connectivity index (χ4n) is 1.99. The van der Waals surface area contributed by atoms with Gasteiger partial charge in [-0.1, -0.05) is 41.9 Å². The van der Waals surface area contributed by atoms with E-state index in [1.54, 1.807) is 24.3 Å². The highest BCUT2D eigenvalue weighted by molar-refractivity contribution is 6.33. The van der Waals surface area contributed by atoms with Gasteiger partial charge in [0.15, 0.2) is 0 Å². The first-order chi connectivity index (χ1) is 8.95. The lowest BCUT2D eigenvalue weighted by Crippen LogP contribution is -2.08. The highest BCUT2D eigenvalue weighted by Crippen LogP contribution is 2.40. The summed E-state index contributed by atoms with van der Waals surface area (Å²) in [5.41, 5.74) is 5.86. The lowest BCUT2D eigenvalue weighted by Gasteiger charge is -2.16. The van der Waals surface area contributed by atoms with Gasteiger partial charge in [0, 0.05) is 17.1 Å². The van der Waals surface area contributed by atoms with Crippen LogP contribution in [0.25, 0.3) is 11.1 Å². The molecule has 2 rings (SSSR count). The Balaban J connectivity index is 2.73. The van der Waals surface area contributed by atoms with E-state index in [-0.39, 0.29) is 17.1 Å². The first-order valence-electron chi connectivity index (χ1n) is 5.59. The SMILES string of the molecule is NCc1cccc(Cl)c1-c1ccccc1C(F)(F)F. The minimum Gasteiger partial charge on any atom is -0.326 e. The number of hydrogen-bond donors (Lipinski definition) is 1. The van der Waals surface area contributed by atoms with E-state index in [0.717, 1.165) is 6.07 Å². The van der Waals surface area contributed by atoms with Crippen LogP contribution in [0, 0.1) is 0 Å². The number of rotatable bonds is 2. The molecule has 0 radical (unpaired) electrons. The molecule has 0 fully saturated rings. The minimum atomic E-state index is -4.43. The van der Waals surface area contributed by atoms with Crippen LogP contribution in [0.5, 0.6) is 0 Å². The maximum atomic E-state index is 13.0. The van der Waals surface area contributed by atoms with Crippen LogP contribution in [-0.2, 0) is 12.7 Å². The Labute approximate surface area is 113 Å². The standard InChI is InChI=1S/C14H11ClF3N/c15-12-7-3-4-9(8-19)13(12)10-5-1-2-6-11(10)14(16,17)18/h1-7H,8,19H2. The largest absolute Gasteiger partial charge is 0.417 e. The summed E-state index contributed by atoms with van der Waals surface area (Å²) in [6.07, 6.45) is -4.43. The third-order valence-corrected chi connectivity index (χ3v) is 3.14. The summed E-state index contributed by atoms with van der Waals surface area (Å²) in [6, 6.07) is 10.3. The molecular weight excluding hydrogens is 275 g/mol. The maximum Gasteiger partial charge on any atom is 0.417 e. The summed E-state index contributed by atoms with van der Waals surface area (Å²) < 4.78 is 39.1. The Morgan fingerprint density at radius 2 is 1.68 bits per heavy atom. The van der Waals surface area contributed by atoms with Gasteiger partial charge in [0.1, 0.15) is 0 Å². The van der Waals surface area contributed by atoms with Gasteiger partial charge in [0.05, 0.1) is 5.56 Å². The summed E-state index contributed by atoms with van der Waals surface area (Å²) in [4.78, 5) is 0. The predicted molar refractivity (Wildman–Crippen MR) is 69.8 cm³/mol. The number of halogens is 4. The molecule has 5 heteroatoms.